The zero-order valence-corrected chi connectivity index (χ0v) is 14.7. The Hall–Kier alpha value is -1.03. The molecule has 3 aliphatic rings. The summed E-state index contributed by atoms with van der Waals surface area (Å²) in [6.45, 7) is 3.95. The Labute approximate surface area is 140 Å². The highest BCUT2D eigenvalue weighted by molar-refractivity contribution is 9.10. The van der Waals surface area contributed by atoms with Crippen LogP contribution in [0.5, 0.6) is 0 Å². The van der Waals surface area contributed by atoms with Gasteiger partial charge in [-0.3, -0.25) is 0 Å². The number of likely N-dealkylation sites (tertiary alicyclic amines) is 1. The van der Waals surface area contributed by atoms with Gasteiger partial charge in [-0.2, -0.15) is 0 Å². The number of hydrogen-bond acceptors (Lipinski definition) is 1. The van der Waals surface area contributed by atoms with Gasteiger partial charge in [0.25, 0.3) is 0 Å². The largest absolute Gasteiger partial charge is 0.321 e. The summed E-state index contributed by atoms with van der Waals surface area (Å²) in [6.07, 6.45) is 5.76. The van der Waals surface area contributed by atoms with Crippen molar-refractivity contribution in [2.75, 3.05) is 6.54 Å². The number of piperidine rings is 1. The minimum Gasteiger partial charge on any atom is -0.321 e. The molecule has 3 atom stereocenters. The summed E-state index contributed by atoms with van der Waals surface area (Å²) in [5, 5.41) is 0. The van der Waals surface area contributed by atoms with E-state index in [4.69, 9.17) is 0 Å². The lowest BCUT2D eigenvalue weighted by atomic mass is 9.93. The summed E-state index contributed by atoms with van der Waals surface area (Å²) >= 11 is 3.67. The first-order chi connectivity index (χ1) is 10.7. The van der Waals surface area contributed by atoms with Crippen LogP contribution in [0.15, 0.2) is 22.7 Å². The second kappa shape index (κ2) is 5.55. The number of urea groups is 1. The predicted octanol–water partition coefficient (Wildman–Crippen LogP) is 4.19. The summed E-state index contributed by atoms with van der Waals surface area (Å²) in [7, 11) is 0. The van der Waals surface area contributed by atoms with E-state index in [1.165, 1.54) is 34.9 Å². The maximum Gasteiger partial charge on any atom is 0.320 e. The molecule has 1 aliphatic carbocycles. The molecule has 2 amide bonds. The number of halogens is 1. The Morgan fingerprint density at radius 1 is 1.32 bits per heavy atom. The average molecular weight is 363 g/mol. The molecule has 1 aromatic rings. The van der Waals surface area contributed by atoms with Crippen LogP contribution in [0.3, 0.4) is 0 Å². The van der Waals surface area contributed by atoms with E-state index < -0.39 is 0 Å². The molecule has 3 nitrogen and oxygen atoms in total. The van der Waals surface area contributed by atoms with Gasteiger partial charge < -0.3 is 9.80 Å². The van der Waals surface area contributed by atoms with Gasteiger partial charge >= 0.3 is 6.03 Å². The van der Waals surface area contributed by atoms with E-state index in [1.807, 2.05) is 0 Å². The SMILES string of the molecule is CCC1Cc2c(Br)cccc2CN1C(=O)N1CC2CCC1C2. The van der Waals surface area contributed by atoms with Crippen LogP contribution < -0.4 is 0 Å². The minimum atomic E-state index is 0.282. The Bertz CT molecular complexity index is 603. The van der Waals surface area contributed by atoms with Crippen molar-refractivity contribution in [2.24, 2.45) is 5.92 Å². The zero-order valence-electron chi connectivity index (χ0n) is 13.1. The van der Waals surface area contributed by atoms with Crippen molar-refractivity contribution in [3.8, 4) is 0 Å². The number of fused-ring (bicyclic) bond motifs is 3. The molecule has 4 rings (SSSR count). The number of benzene rings is 1. The van der Waals surface area contributed by atoms with Gasteiger partial charge in [-0.1, -0.05) is 35.0 Å². The molecule has 0 aromatic heterocycles. The third-order valence-corrected chi connectivity index (χ3v) is 6.55. The second-order valence-electron chi connectivity index (χ2n) is 7.04. The molecular formula is C18H23BrN2O. The van der Waals surface area contributed by atoms with Gasteiger partial charge in [0.05, 0.1) is 0 Å². The van der Waals surface area contributed by atoms with Crippen molar-refractivity contribution in [1.82, 2.24) is 9.80 Å². The topological polar surface area (TPSA) is 23.6 Å². The van der Waals surface area contributed by atoms with Gasteiger partial charge in [0.1, 0.15) is 0 Å². The third-order valence-electron chi connectivity index (χ3n) is 5.81. The molecule has 0 spiro atoms. The highest BCUT2D eigenvalue weighted by Crippen LogP contribution is 2.39. The summed E-state index contributed by atoms with van der Waals surface area (Å²) < 4.78 is 1.19. The van der Waals surface area contributed by atoms with E-state index in [9.17, 15) is 4.79 Å². The van der Waals surface area contributed by atoms with Crippen molar-refractivity contribution < 1.29 is 4.79 Å². The highest BCUT2D eigenvalue weighted by atomic mass is 79.9. The number of carbonyl (C=O) groups excluding carboxylic acids is 1. The molecule has 2 fully saturated rings. The quantitative estimate of drug-likeness (QED) is 0.734. The number of hydrogen-bond donors (Lipinski definition) is 0. The normalized spacial score (nSPS) is 29.8. The zero-order chi connectivity index (χ0) is 15.3. The molecule has 118 valence electrons. The summed E-state index contributed by atoms with van der Waals surface area (Å²) in [5.74, 6) is 0.764. The fourth-order valence-corrected chi connectivity index (χ4v) is 5.12. The van der Waals surface area contributed by atoms with Crippen molar-refractivity contribution >= 4 is 22.0 Å². The van der Waals surface area contributed by atoms with Crippen molar-refractivity contribution in [1.29, 1.82) is 0 Å². The van der Waals surface area contributed by atoms with Gasteiger partial charge in [0, 0.05) is 29.6 Å². The van der Waals surface area contributed by atoms with Crippen LogP contribution in [0, 0.1) is 5.92 Å². The van der Waals surface area contributed by atoms with Crippen molar-refractivity contribution in [3.05, 3.63) is 33.8 Å². The molecule has 2 bridgehead atoms. The van der Waals surface area contributed by atoms with E-state index in [0.29, 0.717) is 12.1 Å². The summed E-state index contributed by atoms with van der Waals surface area (Å²) in [4.78, 5) is 17.4. The molecule has 4 heteroatoms. The second-order valence-corrected chi connectivity index (χ2v) is 7.89. The maximum atomic E-state index is 13.1. The third kappa shape index (κ3) is 2.27. The first-order valence-electron chi connectivity index (χ1n) is 8.51. The summed E-state index contributed by atoms with van der Waals surface area (Å²) in [6, 6.07) is 7.49. The Balaban J connectivity index is 1.59. The molecule has 1 saturated carbocycles. The first-order valence-corrected chi connectivity index (χ1v) is 9.30. The molecule has 22 heavy (non-hydrogen) atoms. The van der Waals surface area contributed by atoms with Gasteiger partial charge in [-0.05, 0) is 55.2 Å². The van der Waals surface area contributed by atoms with E-state index in [-0.39, 0.29) is 6.03 Å². The maximum absolute atomic E-state index is 13.1. The van der Waals surface area contributed by atoms with Gasteiger partial charge in [0.2, 0.25) is 0 Å². The van der Waals surface area contributed by atoms with Crippen LogP contribution in [-0.2, 0) is 13.0 Å². The number of carbonyl (C=O) groups is 1. The smallest absolute Gasteiger partial charge is 0.320 e. The van der Waals surface area contributed by atoms with Gasteiger partial charge in [-0.25, -0.2) is 4.79 Å². The molecular weight excluding hydrogens is 340 g/mol. The number of nitrogens with zero attached hydrogens (tertiary/aromatic N) is 2. The van der Waals surface area contributed by atoms with Gasteiger partial charge in [0.15, 0.2) is 0 Å². The Morgan fingerprint density at radius 3 is 2.86 bits per heavy atom. The lowest BCUT2D eigenvalue weighted by Gasteiger charge is -2.41. The monoisotopic (exact) mass is 362 g/mol. The average Bonchev–Trinajstić information content (AvgIpc) is 3.16. The Kier molecular flexibility index (Phi) is 3.67. The van der Waals surface area contributed by atoms with Crippen LogP contribution in [-0.4, -0.2) is 34.5 Å². The fourth-order valence-electron chi connectivity index (χ4n) is 4.55. The number of rotatable bonds is 1. The summed E-state index contributed by atoms with van der Waals surface area (Å²) in [5.41, 5.74) is 2.69. The molecule has 0 N–H and O–H groups in total. The van der Waals surface area contributed by atoms with Crippen molar-refractivity contribution in [2.45, 2.75) is 57.7 Å². The van der Waals surface area contributed by atoms with Crippen LogP contribution in [0.1, 0.15) is 43.7 Å². The predicted molar refractivity (Wildman–Crippen MR) is 90.7 cm³/mol. The van der Waals surface area contributed by atoms with Crippen molar-refractivity contribution in [3.63, 3.8) is 0 Å². The van der Waals surface area contributed by atoms with Gasteiger partial charge in [-0.15, -0.1) is 0 Å². The minimum absolute atomic E-state index is 0.282. The van der Waals surface area contributed by atoms with Crippen LogP contribution >= 0.6 is 15.9 Å². The van der Waals surface area contributed by atoms with Crippen LogP contribution in [0.2, 0.25) is 0 Å². The van der Waals surface area contributed by atoms with E-state index in [2.05, 4.69) is 50.9 Å². The Morgan fingerprint density at radius 2 is 2.18 bits per heavy atom. The molecule has 2 aliphatic heterocycles. The number of amides is 2. The van der Waals surface area contributed by atoms with E-state index in [1.54, 1.807) is 0 Å². The highest BCUT2D eigenvalue weighted by Gasteiger charge is 2.43. The first kappa shape index (κ1) is 14.6. The van der Waals surface area contributed by atoms with E-state index in [0.717, 1.165) is 31.8 Å². The lowest BCUT2D eigenvalue weighted by Crippen LogP contribution is -2.52. The molecule has 2 heterocycles. The molecule has 0 radical (unpaired) electrons. The standard InChI is InChI=1S/C18H23BrN2O/c1-2-14-9-16-13(4-3-5-17(16)19)11-21(14)18(22)20-10-12-6-7-15(20)8-12/h3-5,12,14-15H,2,6-11H2,1H3. The van der Waals surface area contributed by atoms with Crippen LogP contribution in [0.4, 0.5) is 4.79 Å². The molecule has 1 saturated heterocycles. The van der Waals surface area contributed by atoms with Crippen LogP contribution in [0.25, 0.3) is 0 Å². The van der Waals surface area contributed by atoms with E-state index >= 15 is 0 Å². The fraction of sp³-hybridized carbons (Fsp3) is 0.611. The molecule has 1 aromatic carbocycles. The molecule has 3 unspecified atom stereocenters. The lowest BCUT2D eigenvalue weighted by molar-refractivity contribution is 0.110.